The van der Waals surface area contributed by atoms with E-state index in [4.69, 9.17) is 27.9 Å². The SMILES string of the molecule is COC(=O)c1sc(NC(=O)COc2ccc(Cl)cc2Cl)c(C#N)c1C. The zero-order valence-corrected chi connectivity index (χ0v) is 15.5. The molecule has 2 aromatic rings. The third-order valence-corrected chi connectivity index (χ3v) is 4.85. The molecule has 9 heteroatoms. The van der Waals surface area contributed by atoms with Crippen molar-refractivity contribution in [2.45, 2.75) is 6.92 Å². The van der Waals surface area contributed by atoms with Gasteiger partial charge in [0.15, 0.2) is 6.61 Å². The number of benzene rings is 1. The highest BCUT2D eigenvalue weighted by atomic mass is 35.5. The molecule has 6 nitrogen and oxygen atoms in total. The lowest BCUT2D eigenvalue weighted by Crippen LogP contribution is -2.20. The van der Waals surface area contributed by atoms with E-state index < -0.39 is 11.9 Å². The molecular formula is C16H12Cl2N2O4S. The smallest absolute Gasteiger partial charge is 0.348 e. The molecule has 1 heterocycles. The minimum Gasteiger partial charge on any atom is -0.482 e. The van der Waals surface area contributed by atoms with E-state index in [1.807, 2.05) is 6.07 Å². The van der Waals surface area contributed by atoms with E-state index in [2.05, 4.69) is 10.1 Å². The first-order valence-electron chi connectivity index (χ1n) is 6.86. The summed E-state index contributed by atoms with van der Waals surface area (Å²) in [5.41, 5.74) is 0.666. The number of thiophene rings is 1. The van der Waals surface area contributed by atoms with Gasteiger partial charge in [0, 0.05) is 5.02 Å². The predicted octanol–water partition coefficient (Wildman–Crippen LogP) is 4.04. The fraction of sp³-hybridized carbons (Fsp3) is 0.188. The highest BCUT2D eigenvalue weighted by Gasteiger charge is 2.22. The molecule has 0 aliphatic carbocycles. The van der Waals surface area contributed by atoms with Crippen LogP contribution in [-0.2, 0) is 9.53 Å². The predicted molar refractivity (Wildman–Crippen MR) is 95.7 cm³/mol. The minimum absolute atomic E-state index is 0.211. The molecule has 0 atom stereocenters. The number of nitriles is 1. The number of carbonyl (C=O) groups excluding carboxylic acids is 2. The molecule has 0 spiro atoms. The number of ether oxygens (including phenoxy) is 2. The lowest BCUT2D eigenvalue weighted by Gasteiger charge is -2.08. The van der Waals surface area contributed by atoms with Gasteiger partial charge in [0.2, 0.25) is 0 Å². The molecule has 1 N–H and O–H groups in total. The van der Waals surface area contributed by atoms with Gasteiger partial charge in [-0.1, -0.05) is 23.2 Å². The Morgan fingerprint density at radius 2 is 2.08 bits per heavy atom. The molecule has 1 aromatic carbocycles. The monoisotopic (exact) mass is 398 g/mol. The molecule has 25 heavy (non-hydrogen) atoms. The van der Waals surface area contributed by atoms with Crippen LogP contribution >= 0.6 is 34.5 Å². The van der Waals surface area contributed by atoms with Crippen molar-refractivity contribution >= 4 is 51.4 Å². The van der Waals surface area contributed by atoms with Gasteiger partial charge in [0.25, 0.3) is 5.91 Å². The zero-order valence-electron chi connectivity index (χ0n) is 13.2. The van der Waals surface area contributed by atoms with E-state index in [0.717, 1.165) is 11.3 Å². The first kappa shape index (κ1) is 19.1. The van der Waals surface area contributed by atoms with Crippen LogP contribution in [0.3, 0.4) is 0 Å². The van der Waals surface area contributed by atoms with Crippen molar-refractivity contribution in [3.63, 3.8) is 0 Å². The van der Waals surface area contributed by atoms with E-state index in [1.54, 1.807) is 19.1 Å². The largest absolute Gasteiger partial charge is 0.482 e. The Morgan fingerprint density at radius 1 is 1.36 bits per heavy atom. The molecule has 130 valence electrons. The molecule has 0 aliphatic rings. The molecule has 0 aliphatic heterocycles. The van der Waals surface area contributed by atoms with Crippen molar-refractivity contribution in [1.82, 2.24) is 0 Å². The van der Waals surface area contributed by atoms with Gasteiger partial charge in [0.05, 0.1) is 17.7 Å². The lowest BCUT2D eigenvalue weighted by molar-refractivity contribution is -0.118. The van der Waals surface area contributed by atoms with Crippen molar-refractivity contribution in [3.8, 4) is 11.8 Å². The summed E-state index contributed by atoms with van der Waals surface area (Å²) in [6.45, 7) is 1.29. The van der Waals surface area contributed by atoms with Crippen LogP contribution in [0, 0.1) is 18.3 Å². The number of carbonyl (C=O) groups is 2. The molecule has 0 bridgehead atoms. The summed E-state index contributed by atoms with van der Waals surface area (Å²) in [5, 5.41) is 12.8. The van der Waals surface area contributed by atoms with Crippen LogP contribution in [0.5, 0.6) is 5.75 Å². The van der Waals surface area contributed by atoms with Gasteiger partial charge in [-0.25, -0.2) is 4.79 Å². The Balaban J connectivity index is 2.10. The Kier molecular flexibility index (Phi) is 6.26. The maximum atomic E-state index is 12.1. The summed E-state index contributed by atoms with van der Waals surface area (Å²) in [6, 6.07) is 6.59. The van der Waals surface area contributed by atoms with E-state index in [1.165, 1.54) is 13.2 Å². The van der Waals surface area contributed by atoms with Crippen LogP contribution in [0.4, 0.5) is 5.00 Å². The van der Waals surface area contributed by atoms with Crippen molar-refractivity contribution in [2.24, 2.45) is 0 Å². The third kappa shape index (κ3) is 4.42. The Morgan fingerprint density at radius 3 is 2.68 bits per heavy atom. The minimum atomic E-state index is -0.566. The van der Waals surface area contributed by atoms with Gasteiger partial charge >= 0.3 is 5.97 Å². The number of anilines is 1. The standard InChI is InChI=1S/C16H12Cl2N2O4S/c1-8-10(6-19)15(25-14(8)16(22)23-2)20-13(21)7-24-12-4-3-9(17)5-11(12)18/h3-5H,7H2,1-2H3,(H,20,21). The normalized spacial score (nSPS) is 10.0. The van der Waals surface area contributed by atoms with Gasteiger partial charge in [-0.2, -0.15) is 5.26 Å². The number of rotatable bonds is 5. The summed E-state index contributed by atoms with van der Waals surface area (Å²) in [4.78, 5) is 24.0. The quantitative estimate of drug-likeness (QED) is 0.767. The zero-order chi connectivity index (χ0) is 18.6. The van der Waals surface area contributed by atoms with E-state index >= 15 is 0 Å². The second kappa shape index (κ2) is 8.21. The maximum Gasteiger partial charge on any atom is 0.348 e. The van der Waals surface area contributed by atoms with Crippen molar-refractivity contribution in [1.29, 1.82) is 5.26 Å². The van der Waals surface area contributed by atoms with Gasteiger partial charge in [-0.15, -0.1) is 11.3 Å². The summed E-state index contributed by atoms with van der Waals surface area (Å²) < 4.78 is 9.99. The average molecular weight is 399 g/mol. The maximum absolute atomic E-state index is 12.1. The van der Waals surface area contributed by atoms with E-state index in [9.17, 15) is 14.9 Å². The van der Waals surface area contributed by atoms with Crippen molar-refractivity contribution in [2.75, 3.05) is 19.0 Å². The molecule has 0 unspecified atom stereocenters. The van der Waals surface area contributed by atoms with Crippen molar-refractivity contribution < 1.29 is 19.1 Å². The molecule has 1 aromatic heterocycles. The second-order valence-corrected chi connectivity index (χ2v) is 6.64. The number of hydrogen-bond acceptors (Lipinski definition) is 6. The van der Waals surface area contributed by atoms with E-state index in [0.29, 0.717) is 16.3 Å². The van der Waals surface area contributed by atoms with Crippen LogP contribution in [0.15, 0.2) is 18.2 Å². The lowest BCUT2D eigenvalue weighted by atomic mass is 10.2. The number of esters is 1. The van der Waals surface area contributed by atoms with Gasteiger partial charge in [-0.05, 0) is 30.7 Å². The van der Waals surface area contributed by atoms with E-state index in [-0.39, 0.29) is 27.1 Å². The summed E-state index contributed by atoms with van der Waals surface area (Å²) in [5.74, 6) is -0.761. The number of nitrogens with one attached hydrogen (secondary N) is 1. The second-order valence-electron chi connectivity index (χ2n) is 4.78. The molecule has 0 saturated carbocycles. The Bertz CT molecular complexity index is 874. The fourth-order valence-electron chi connectivity index (χ4n) is 1.92. The fourth-order valence-corrected chi connectivity index (χ4v) is 3.48. The average Bonchev–Trinajstić information content (AvgIpc) is 2.88. The molecule has 0 saturated heterocycles. The third-order valence-electron chi connectivity index (χ3n) is 3.14. The van der Waals surface area contributed by atoms with Gasteiger partial charge in [0.1, 0.15) is 21.7 Å². The summed E-state index contributed by atoms with van der Waals surface area (Å²) in [7, 11) is 1.25. The van der Waals surface area contributed by atoms with Gasteiger partial charge < -0.3 is 14.8 Å². The van der Waals surface area contributed by atoms with Gasteiger partial charge in [-0.3, -0.25) is 4.79 Å². The Hall–Kier alpha value is -2.27. The first-order valence-corrected chi connectivity index (χ1v) is 8.44. The van der Waals surface area contributed by atoms with Crippen LogP contribution in [0.2, 0.25) is 10.0 Å². The summed E-state index contributed by atoms with van der Waals surface area (Å²) in [6.07, 6.45) is 0. The highest BCUT2D eigenvalue weighted by Crippen LogP contribution is 2.33. The molecule has 1 amide bonds. The molecule has 2 rings (SSSR count). The summed E-state index contributed by atoms with van der Waals surface area (Å²) >= 11 is 12.7. The van der Waals surface area contributed by atoms with Crippen LogP contribution < -0.4 is 10.1 Å². The van der Waals surface area contributed by atoms with Crippen LogP contribution in [-0.4, -0.2) is 25.6 Å². The number of amides is 1. The Labute approximate surface area is 157 Å². The molecular weight excluding hydrogens is 387 g/mol. The highest BCUT2D eigenvalue weighted by molar-refractivity contribution is 7.18. The van der Waals surface area contributed by atoms with Crippen molar-refractivity contribution in [3.05, 3.63) is 44.2 Å². The topological polar surface area (TPSA) is 88.4 Å². The van der Waals surface area contributed by atoms with Crippen LogP contribution in [0.1, 0.15) is 20.8 Å². The number of methoxy groups -OCH3 is 1. The molecule has 0 radical (unpaired) electrons. The molecule has 0 fully saturated rings. The number of halogens is 2. The van der Waals surface area contributed by atoms with Crippen LogP contribution in [0.25, 0.3) is 0 Å². The number of nitrogens with zero attached hydrogens (tertiary/aromatic N) is 1. The number of hydrogen-bond donors (Lipinski definition) is 1. The first-order chi connectivity index (χ1) is 11.9.